The van der Waals surface area contributed by atoms with Crippen molar-refractivity contribution in [3.63, 3.8) is 0 Å². The topological polar surface area (TPSA) is 38.3 Å². The summed E-state index contributed by atoms with van der Waals surface area (Å²) in [7, 11) is 0. The van der Waals surface area contributed by atoms with Crippen LogP contribution in [0.3, 0.4) is 0 Å². The van der Waals surface area contributed by atoms with Gasteiger partial charge in [-0.05, 0) is 12.3 Å². The van der Waals surface area contributed by atoms with Gasteiger partial charge < -0.3 is 10.1 Å². The van der Waals surface area contributed by atoms with Crippen molar-refractivity contribution in [2.75, 3.05) is 19.8 Å². The highest BCUT2D eigenvalue weighted by atomic mass is 16.5. The van der Waals surface area contributed by atoms with Crippen molar-refractivity contribution < 1.29 is 9.53 Å². The molecule has 0 aromatic rings. The van der Waals surface area contributed by atoms with Crippen LogP contribution in [0, 0.1) is 5.92 Å². The molecule has 0 fully saturated rings. The van der Waals surface area contributed by atoms with Gasteiger partial charge >= 0.3 is 0 Å². The van der Waals surface area contributed by atoms with E-state index in [-0.39, 0.29) is 5.91 Å². The van der Waals surface area contributed by atoms with Gasteiger partial charge in [-0.2, -0.15) is 0 Å². The fourth-order valence-electron chi connectivity index (χ4n) is 1.30. The third-order valence-electron chi connectivity index (χ3n) is 2.32. The van der Waals surface area contributed by atoms with E-state index in [4.69, 9.17) is 4.74 Å². The van der Waals surface area contributed by atoms with Crippen LogP contribution in [0.4, 0.5) is 0 Å². The van der Waals surface area contributed by atoms with Crippen LogP contribution >= 0.6 is 0 Å². The number of hydrogen-bond donors (Lipinski definition) is 1. The Kier molecular flexibility index (Phi) is 10.5. The second kappa shape index (κ2) is 10.9. The molecule has 0 aliphatic heterocycles. The largest absolute Gasteiger partial charge is 0.381 e. The number of rotatable bonds is 10. The first-order valence-corrected chi connectivity index (χ1v) is 6.51. The van der Waals surface area contributed by atoms with E-state index >= 15 is 0 Å². The van der Waals surface area contributed by atoms with E-state index in [0.717, 1.165) is 19.6 Å². The van der Waals surface area contributed by atoms with Crippen LogP contribution in [0.25, 0.3) is 0 Å². The second-order valence-electron chi connectivity index (χ2n) is 4.62. The van der Waals surface area contributed by atoms with Crippen LogP contribution in [0.2, 0.25) is 0 Å². The molecule has 0 aromatic heterocycles. The summed E-state index contributed by atoms with van der Waals surface area (Å²) in [5.41, 5.74) is 0. The maximum atomic E-state index is 11.3. The van der Waals surface area contributed by atoms with Gasteiger partial charge in [0.15, 0.2) is 0 Å². The average Bonchev–Trinajstić information content (AvgIpc) is 2.25. The lowest BCUT2D eigenvalue weighted by Gasteiger charge is -2.07. The van der Waals surface area contributed by atoms with Crippen molar-refractivity contribution in [1.29, 1.82) is 0 Å². The molecule has 3 nitrogen and oxygen atoms in total. The zero-order valence-electron chi connectivity index (χ0n) is 11.1. The van der Waals surface area contributed by atoms with Gasteiger partial charge in [-0.25, -0.2) is 0 Å². The molecular weight excluding hydrogens is 202 g/mol. The molecular formula is C13H27NO2. The molecule has 0 aromatic carbocycles. The molecule has 0 bridgehead atoms. The zero-order valence-corrected chi connectivity index (χ0v) is 11.1. The molecule has 0 unspecified atom stereocenters. The number of ether oxygens (including phenoxy) is 1. The number of nitrogens with one attached hydrogen (secondary N) is 1. The first-order valence-electron chi connectivity index (χ1n) is 6.51. The van der Waals surface area contributed by atoms with Crippen LogP contribution in [0.5, 0.6) is 0 Å². The van der Waals surface area contributed by atoms with Gasteiger partial charge in [-0.3, -0.25) is 4.79 Å². The molecule has 0 aliphatic carbocycles. The summed E-state index contributed by atoms with van der Waals surface area (Å²) in [6.45, 7) is 8.47. The minimum atomic E-state index is 0.0993. The molecule has 3 heteroatoms. The lowest BCUT2D eigenvalue weighted by atomic mass is 10.2. The van der Waals surface area contributed by atoms with E-state index < -0.39 is 0 Å². The van der Waals surface area contributed by atoms with E-state index in [2.05, 4.69) is 26.1 Å². The summed E-state index contributed by atoms with van der Waals surface area (Å²) in [4.78, 5) is 11.3. The summed E-state index contributed by atoms with van der Waals surface area (Å²) < 4.78 is 5.40. The van der Waals surface area contributed by atoms with Gasteiger partial charge in [0, 0.05) is 19.6 Å². The molecule has 0 heterocycles. The molecule has 0 saturated heterocycles. The third kappa shape index (κ3) is 11.5. The summed E-state index contributed by atoms with van der Waals surface area (Å²) in [5.74, 6) is 0.612. The van der Waals surface area contributed by atoms with Gasteiger partial charge in [-0.1, -0.05) is 40.0 Å². The van der Waals surface area contributed by atoms with Crippen LogP contribution in [0.15, 0.2) is 0 Å². The lowest BCUT2D eigenvalue weighted by molar-refractivity contribution is -0.122. The van der Waals surface area contributed by atoms with Crippen molar-refractivity contribution in [2.45, 2.75) is 52.9 Å². The van der Waals surface area contributed by atoms with Crippen molar-refractivity contribution in [3.8, 4) is 0 Å². The molecule has 0 rings (SSSR count). The Balaban J connectivity index is 3.15. The molecule has 0 spiro atoms. The molecule has 0 atom stereocenters. The predicted molar refractivity (Wildman–Crippen MR) is 67.4 cm³/mol. The van der Waals surface area contributed by atoms with E-state index in [9.17, 15) is 4.79 Å². The van der Waals surface area contributed by atoms with Crippen LogP contribution in [0.1, 0.15) is 52.9 Å². The van der Waals surface area contributed by atoms with Crippen molar-refractivity contribution in [2.24, 2.45) is 5.92 Å². The highest BCUT2D eigenvalue weighted by molar-refractivity contribution is 5.75. The van der Waals surface area contributed by atoms with Crippen molar-refractivity contribution in [3.05, 3.63) is 0 Å². The van der Waals surface area contributed by atoms with E-state index in [1.54, 1.807) is 0 Å². The van der Waals surface area contributed by atoms with Gasteiger partial charge in [0.2, 0.25) is 5.91 Å². The number of hydrogen-bond acceptors (Lipinski definition) is 2. The van der Waals surface area contributed by atoms with Crippen LogP contribution in [-0.2, 0) is 9.53 Å². The fraction of sp³-hybridized carbons (Fsp3) is 0.923. The first kappa shape index (κ1) is 15.4. The monoisotopic (exact) mass is 229 g/mol. The maximum absolute atomic E-state index is 11.3. The molecule has 1 N–H and O–H groups in total. The summed E-state index contributed by atoms with van der Waals surface area (Å²) in [5, 5.41) is 2.87. The second-order valence-corrected chi connectivity index (χ2v) is 4.62. The molecule has 96 valence electrons. The summed E-state index contributed by atoms with van der Waals surface area (Å²) >= 11 is 0. The van der Waals surface area contributed by atoms with E-state index in [1.807, 2.05) is 0 Å². The number of carbonyl (C=O) groups excluding carboxylic acids is 1. The Morgan fingerprint density at radius 2 is 1.94 bits per heavy atom. The predicted octanol–water partition coefficient (Wildman–Crippen LogP) is 2.75. The number of unbranched alkanes of at least 4 members (excludes halogenated alkanes) is 3. The highest BCUT2D eigenvalue weighted by Crippen LogP contribution is 1.99. The molecule has 0 saturated carbocycles. The third-order valence-corrected chi connectivity index (χ3v) is 2.32. The summed E-state index contributed by atoms with van der Waals surface area (Å²) in [6.07, 6.45) is 5.35. The first-order chi connectivity index (χ1) is 7.66. The lowest BCUT2D eigenvalue weighted by Crippen LogP contribution is -2.28. The quantitative estimate of drug-likeness (QED) is 0.585. The summed E-state index contributed by atoms with van der Waals surface area (Å²) in [6, 6.07) is 0. The fourth-order valence-corrected chi connectivity index (χ4v) is 1.30. The standard InChI is InChI=1S/C13H27NO2/c1-4-5-6-7-9-16-10-8-13(15)14-11-12(2)3/h12H,4-11H2,1-3H3,(H,14,15). The smallest absolute Gasteiger partial charge is 0.222 e. The maximum Gasteiger partial charge on any atom is 0.222 e. The number of carbonyl (C=O) groups is 1. The molecule has 0 aliphatic rings. The van der Waals surface area contributed by atoms with E-state index in [1.165, 1.54) is 19.3 Å². The average molecular weight is 229 g/mol. The minimum Gasteiger partial charge on any atom is -0.381 e. The Bertz CT molecular complexity index is 169. The Hall–Kier alpha value is -0.570. The van der Waals surface area contributed by atoms with Gasteiger partial charge in [0.05, 0.1) is 6.61 Å². The van der Waals surface area contributed by atoms with Gasteiger partial charge in [0.1, 0.15) is 0 Å². The molecule has 0 radical (unpaired) electrons. The molecule has 1 amide bonds. The van der Waals surface area contributed by atoms with Crippen LogP contribution in [-0.4, -0.2) is 25.7 Å². The Morgan fingerprint density at radius 1 is 1.19 bits per heavy atom. The Morgan fingerprint density at radius 3 is 2.56 bits per heavy atom. The normalized spacial score (nSPS) is 10.8. The number of amides is 1. The Labute approximate surface area is 99.9 Å². The van der Waals surface area contributed by atoms with Crippen molar-refractivity contribution >= 4 is 5.91 Å². The minimum absolute atomic E-state index is 0.0993. The van der Waals surface area contributed by atoms with Gasteiger partial charge in [-0.15, -0.1) is 0 Å². The zero-order chi connectivity index (χ0) is 12.2. The van der Waals surface area contributed by atoms with E-state index in [0.29, 0.717) is 18.9 Å². The van der Waals surface area contributed by atoms with Crippen LogP contribution < -0.4 is 5.32 Å². The highest BCUT2D eigenvalue weighted by Gasteiger charge is 2.01. The van der Waals surface area contributed by atoms with Gasteiger partial charge in [0.25, 0.3) is 0 Å². The molecule has 16 heavy (non-hydrogen) atoms. The SMILES string of the molecule is CCCCCCOCCC(=O)NCC(C)C. The van der Waals surface area contributed by atoms with Crippen molar-refractivity contribution in [1.82, 2.24) is 5.32 Å².